The molecule has 3 aromatic rings. The maximum atomic E-state index is 13.0. The molecule has 0 spiro atoms. The first-order valence-electron chi connectivity index (χ1n) is 8.56. The quantitative estimate of drug-likeness (QED) is 0.371. The lowest BCUT2D eigenvalue weighted by Gasteiger charge is -2.06. The maximum absolute atomic E-state index is 13.0. The van der Waals surface area contributed by atoms with E-state index in [1.807, 2.05) is 24.3 Å². The molecule has 2 aliphatic rings. The number of carbonyl (C=O) groups is 1. The van der Waals surface area contributed by atoms with Crippen LogP contribution in [0.2, 0.25) is 0 Å². The van der Waals surface area contributed by atoms with Crippen molar-refractivity contribution >= 4 is 50.1 Å². The van der Waals surface area contributed by atoms with E-state index in [1.54, 1.807) is 6.92 Å². The zero-order valence-corrected chi connectivity index (χ0v) is 15.8. The third-order valence-corrected chi connectivity index (χ3v) is 5.56. The number of anilines is 1. The molecule has 3 heterocycles. The van der Waals surface area contributed by atoms with E-state index in [0.717, 1.165) is 10.2 Å². The Morgan fingerprint density at radius 3 is 2.76 bits per heavy atom. The Hall–Kier alpha value is -3.79. The average Bonchev–Trinajstić information content (AvgIpc) is 3.40. The molecular weight excluding hydrogens is 396 g/mol. The number of amides is 1. The van der Waals surface area contributed by atoms with E-state index >= 15 is 0 Å². The van der Waals surface area contributed by atoms with Gasteiger partial charge in [-0.15, -0.1) is 0 Å². The Morgan fingerprint density at radius 2 is 2.00 bits per heavy atom. The van der Waals surface area contributed by atoms with Crippen LogP contribution in [0.15, 0.2) is 47.1 Å². The minimum absolute atomic E-state index is 0.00267. The Bertz CT molecular complexity index is 1230. The van der Waals surface area contributed by atoms with Crippen LogP contribution >= 0.6 is 11.3 Å². The molecule has 2 aromatic carbocycles. The van der Waals surface area contributed by atoms with Gasteiger partial charge in [-0.1, -0.05) is 23.5 Å². The van der Waals surface area contributed by atoms with Crippen molar-refractivity contribution in [2.75, 3.05) is 11.8 Å². The van der Waals surface area contributed by atoms with Crippen LogP contribution < -0.4 is 14.5 Å². The van der Waals surface area contributed by atoms with Gasteiger partial charge in [0.1, 0.15) is 0 Å². The number of aromatic nitrogens is 1. The van der Waals surface area contributed by atoms with E-state index in [0.29, 0.717) is 22.3 Å². The van der Waals surface area contributed by atoms with Gasteiger partial charge in [0.15, 0.2) is 11.5 Å². The van der Waals surface area contributed by atoms with Crippen LogP contribution in [0.5, 0.6) is 11.5 Å². The minimum atomic E-state index is -0.522. The van der Waals surface area contributed by atoms with Crippen LogP contribution in [-0.4, -0.2) is 28.3 Å². The van der Waals surface area contributed by atoms with Crippen molar-refractivity contribution < 1.29 is 19.2 Å². The first-order chi connectivity index (χ1) is 14.0. The fraction of sp³-hybridized carbons (Fsp3) is 0.105. The van der Waals surface area contributed by atoms with Gasteiger partial charge in [0, 0.05) is 0 Å². The van der Waals surface area contributed by atoms with E-state index in [1.165, 1.54) is 34.6 Å². The summed E-state index contributed by atoms with van der Waals surface area (Å²) in [4.78, 5) is 28.4. The molecule has 0 saturated heterocycles. The number of thiazole rings is 1. The van der Waals surface area contributed by atoms with Gasteiger partial charge in [-0.2, -0.15) is 10.1 Å². The molecule has 1 aromatic heterocycles. The summed E-state index contributed by atoms with van der Waals surface area (Å²) in [5, 5.41) is 17.5. The van der Waals surface area contributed by atoms with Gasteiger partial charge in [0.05, 0.1) is 38.1 Å². The molecule has 0 aliphatic carbocycles. The Kier molecular flexibility index (Phi) is 3.81. The highest BCUT2D eigenvalue weighted by Gasteiger charge is 2.32. The van der Waals surface area contributed by atoms with Crippen LogP contribution in [0.25, 0.3) is 16.3 Å². The number of rotatable bonds is 3. The van der Waals surface area contributed by atoms with E-state index in [4.69, 9.17) is 9.47 Å². The molecule has 29 heavy (non-hydrogen) atoms. The fourth-order valence-electron chi connectivity index (χ4n) is 3.14. The van der Waals surface area contributed by atoms with Crippen LogP contribution in [0.4, 0.5) is 10.8 Å². The Labute approximate surface area is 167 Å². The van der Waals surface area contributed by atoms with Gasteiger partial charge in [0.25, 0.3) is 11.6 Å². The second-order valence-electron chi connectivity index (χ2n) is 6.35. The van der Waals surface area contributed by atoms with Crippen molar-refractivity contribution in [2.24, 2.45) is 5.10 Å². The predicted octanol–water partition coefficient (Wildman–Crippen LogP) is 3.74. The van der Waals surface area contributed by atoms with Crippen molar-refractivity contribution in [3.05, 3.63) is 57.6 Å². The van der Waals surface area contributed by atoms with E-state index in [9.17, 15) is 14.9 Å². The highest BCUT2D eigenvalue weighted by atomic mass is 32.1. The summed E-state index contributed by atoms with van der Waals surface area (Å²) in [6.45, 7) is 1.67. The van der Waals surface area contributed by atoms with Gasteiger partial charge >= 0.3 is 0 Å². The minimum Gasteiger partial charge on any atom is -0.454 e. The van der Waals surface area contributed by atoms with Crippen LogP contribution in [-0.2, 0) is 4.79 Å². The van der Waals surface area contributed by atoms with E-state index in [-0.39, 0.29) is 23.6 Å². The van der Waals surface area contributed by atoms with Crippen molar-refractivity contribution in [1.82, 2.24) is 4.98 Å². The molecule has 2 aliphatic heterocycles. The molecule has 0 bridgehead atoms. The Morgan fingerprint density at radius 1 is 1.24 bits per heavy atom. The molecule has 0 saturated carbocycles. The lowest BCUT2D eigenvalue weighted by Crippen LogP contribution is -2.21. The van der Waals surface area contributed by atoms with Gasteiger partial charge in [-0.05, 0) is 31.2 Å². The van der Waals surface area contributed by atoms with Crippen molar-refractivity contribution in [1.29, 1.82) is 0 Å². The summed E-state index contributed by atoms with van der Waals surface area (Å²) in [6.07, 6.45) is 1.45. The second kappa shape index (κ2) is 6.38. The number of fused-ring (bicyclic) bond motifs is 2. The van der Waals surface area contributed by atoms with Gasteiger partial charge < -0.3 is 9.47 Å². The third kappa shape index (κ3) is 2.81. The number of hydrazone groups is 1. The summed E-state index contributed by atoms with van der Waals surface area (Å²) in [6, 6.07) is 10.3. The number of nitro groups is 1. The molecule has 10 heteroatoms. The number of hydrogen-bond acceptors (Lipinski definition) is 8. The number of nitro benzene ring substituents is 1. The van der Waals surface area contributed by atoms with E-state index in [2.05, 4.69) is 10.1 Å². The number of hydrogen-bond donors (Lipinski definition) is 0. The first-order valence-corrected chi connectivity index (χ1v) is 9.38. The predicted molar refractivity (Wildman–Crippen MR) is 107 cm³/mol. The SMILES string of the molecule is CC1=NN(c2nc3ccccc3s2)C(=O)/C1=C\c1cc2c(cc1[N+](=O)[O-])OCO2. The number of para-hydroxylation sites is 1. The average molecular weight is 408 g/mol. The summed E-state index contributed by atoms with van der Waals surface area (Å²) in [5.41, 5.74) is 1.54. The molecule has 0 radical (unpaired) electrons. The van der Waals surface area contributed by atoms with Crippen LogP contribution in [0.3, 0.4) is 0 Å². The molecule has 0 N–H and O–H groups in total. The maximum Gasteiger partial charge on any atom is 0.282 e. The van der Waals surface area contributed by atoms with Crippen molar-refractivity contribution in [3.8, 4) is 11.5 Å². The van der Waals surface area contributed by atoms with Crippen molar-refractivity contribution in [3.63, 3.8) is 0 Å². The van der Waals surface area contributed by atoms with Gasteiger partial charge in [0.2, 0.25) is 11.9 Å². The standard InChI is InChI=1S/C19H12N4O5S/c1-10-12(6-11-7-15-16(28-9-27-15)8-14(11)23(25)26)18(24)22(21-10)19-20-13-4-2-3-5-17(13)29-19/h2-8H,9H2,1H3/b12-6-. The molecule has 0 fully saturated rings. The molecule has 144 valence electrons. The summed E-state index contributed by atoms with van der Waals surface area (Å²) in [5.74, 6) is 0.303. The van der Waals surface area contributed by atoms with Gasteiger partial charge in [-0.25, -0.2) is 4.98 Å². The zero-order valence-electron chi connectivity index (χ0n) is 15.0. The first kappa shape index (κ1) is 17.3. The number of benzene rings is 2. The number of nitrogens with zero attached hydrogens (tertiary/aromatic N) is 4. The third-order valence-electron chi connectivity index (χ3n) is 4.54. The largest absolute Gasteiger partial charge is 0.454 e. The summed E-state index contributed by atoms with van der Waals surface area (Å²) >= 11 is 1.35. The lowest BCUT2D eigenvalue weighted by molar-refractivity contribution is -0.385. The second-order valence-corrected chi connectivity index (χ2v) is 7.36. The summed E-state index contributed by atoms with van der Waals surface area (Å²) < 4.78 is 11.5. The Balaban J connectivity index is 1.56. The molecule has 5 rings (SSSR count). The van der Waals surface area contributed by atoms with Crippen LogP contribution in [0, 0.1) is 10.1 Å². The highest BCUT2D eigenvalue weighted by molar-refractivity contribution is 7.22. The number of ether oxygens (including phenoxy) is 2. The molecular formula is C19H12N4O5S. The fourth-order valence-corrected chi connectivity index (χ4v) is 4.06. The normalized spacial score (nSPS) is 16.7. The smallest absolute Gasteiger partial charge is 0.282 e. The lowest BCUT2D eigenvalue weighted by atomic mass is 10.1. The summed E-state index contributed by atoms with van der Waals surface area (Å²) in [7, 11) is 0. The molecule has 1 amide bonds. The zero-order chi connectivity index (χ0) is 20.1. The van der Waals surface area contributed by atoms with Gasteiger partial charge in [-0.3, -0.25) is 14.9 Å². The molecule has 0 unspecified atom stereocenters. The number of carbonyl (C=O) groups excluding carboxylic acids is 1. The van der Waals surface area contributed by atoms with E-state index < -0.39 is 10.8 Å². The molecule has 0 atom stereocenters. The molecule has 9 nitrogen and oxygen atoms in total. The monoisotopic (exact) mass is 408 g/mol. The topological polar surface area (TPSA) is 107 Å². The highest BCUT2D eigenvalue weighted by Crippen LogP contribution is 2.39. The van der Waals surface area contributed by atoms with Crippen LogP contribution in [0.1, 0.15) is 12.5 Å². The van der Waals surface area contributed by atoms with Crippen molar-refractivity contribution in [2.45, 2.75) is 6.92 Å².